The zero-order chi connectivity index (χ0) is 16.8. The normalized spacial score (nSPS) is 10.3. The Hall–Kier alpha value is -1.59. The average Bonchev–Trinajstić information content (AvgIpc) is 2.52. The second-order valence-electron chi connectivity index (χ2n) is 5.53. The van der Waals surface area contributed by atoms with Gasteiger partial charge >= 0.3 is 0 Å². The molecule has 0 aliphatic rings. The molecule has 23 heavy (non-hydrogen) atoms. The van der Waals surface area contributed by atoms with Crippen LogP contribution in [0, 0.1) is 0 Å². The smallest absolute Gasteiger partial charge is 0.227 e. The predicted octanol–water partition coefficient (Wildman–Crippen LogP) is 5.80. The zero-order valence-corrected chi connectivity index (χ0v) is 14.6. The Morgan fingerprint density at radius 1 is 0.957 bits per heavy atom. The topological polar surface area (TPSA) is 99.5 Å². The first-order valence-corrected chi connectivity index (χ1v) is 8.84. The minimum atomic E-state index is -0.0157. The summed E-state index contributed by atoms with van der Waals surface area (Å²) in [5, 5.41) is 6.43. The van der Waals surface area contributed by atoms with Gasteiger partial charge in [-0.3, -0.25) is 0 Å². The van der Waals surface area contributed by atoms with Crippen LogP contribution in [0.4, 0.5) is 11.9 Å². The van der Waals surface area contributed by atoms with Crippen LogP contribution in [-0.2, 0) is 0 Å². The summed E-state index contributed by atoms with van der Waals surface area (Å²) in [5.74, 6) is 0.335. The number of hydrogen-bond donors (Lipinski definition) is 1. The molecule has 1 rings (SSSR count). The second-order valence-corrected chi connectivity index (χ2v) is 5.86. The summed E-state index contributed by atoms with van der Waals surface area (Å²) in [6.45, 7) is 3.02. The van der Waals surface area contributed by atoms with E-state index in [0.29, 0.717) is 5.95 Å². The van der Waals surface area contributed by atoms with Crippen molar-refractivity contribution in [1.82, 2.24) is 15.0 Å². The molecule has 0 atom stereocenters. The second kappa shape index (κ2) is 12.9. The molecule has 1 aromatic heterocycles. The predicted molar refractivity (Wildman–Crippen MR) is 94.0 cm³/mol. The summed E-state index contributed by atoms with van der Waals surface area (Å²) in [4.78, 5) is 14.3. The molecule has 128 valence electrons. The van der Waals surface area contributed by atoms with E-state index in [1.807, 2.05) is 0 Å². The molecule has 0 amide bonds. The third kappa shape index (κ3) is 9.92. The van der Waals surface area contributed by atoms with Crippen molar-refractivity contribution in [3.63, 3.8) is 0 Å². The van der Waals surface area contributed by atoms with Crippen LogP contribution in [0.2, 0.25) is 5.28 Å². The Labute approximate surface area is 142 Å². The van der Waals surface area contributed by atoms with Crippen LogP contribution in [0.15, 0.2) is 5.11 Å². The number of halogens is 1. The van der Waals surface area contributed by atoms with Gasteiger partial charge in [0.1, 0.15) is 0 Å². The lowest BCUT2D eigenvalue weighted by molar-refractivity contribution is 0.559. The largest absolute Gasteiger partial charge is 0.354 e. The molecule has 0 radical (unpaired) electrons. The molecule has 1 N–H and O–H groups in total. The van der Waals surface area contributed by atoms with Crippen LogP contribution in [0.25, 0.3) is 10.4 Å². The minimum absolute atomic E-state index is 0.0157. The Kier molecular flexibility index (Phi) is 10.9. The average molecular weight is 340 g/mol. The van der Waals surface area contributed by atoms with Crippen molar-refractivity contribution in [3.05, 3.63) is 15.7 Å². The van der Waals surface area contributed by atoms with Crippen molar-refractivity contribution in [2.45, 2.75) is 71.1 Å². The number of azide groups is 1. The quantitative estimate of drug-likeness (QED) is 0.212. The fourth-order valence-corrected chi connectivity index (χ4v) is 2.47. The Bertz CT molecular complexity index is 489. The molecule has 0 aromatic carbocycles. The number of rotatable bonds is 13. The number of anilines is 1. The van der Waals surface area contributed by atoms with Crippen LogP contribution < -0.4 is 5.32 Å². The Morgan fingerprint density at radius 2 is 1.57 bits per heavy atom. The molecule has 0 unspecified atom stereocenters. The number of hydrogen-bond acceptors (Lipinski definition) is 5. The SMILES string of the molecule is CCCCCCCCCCCCNc1nc(Cl)nc(N=[N+]=[N-])n1. The lowest BCUT2D eigenvalue weighted by Crippen LogP contribution is -2.06. The molecular weight excluding hydrogens is 314 g/mol. The third-order valence-electron chi connectivity index (χ3n) is 3.54. The number of unbranched alkanes of at least 4 members (excludes halogenated alkanes) is 9. The number of aromatic nitrogens is 3. The highest BCUT2D eigenvalue weighted by Gasteiger charge is 2.02. The van der Waals surface area contributed by atoms with Gasteiger partial charge in [-0.25, -0.2) is 0 Å². The van der Waals surface area contributed by atoms with E-state index in [1.165, 1.54) is 57.8 Å². The standard InChI is InChI=1S/C15H26ClN7/c1-2-3-4-5-6-7-8-9-10-11-12-18-14-19-13(16)20-15(21-14)22-23-17/h2-12H2,1H3,(H,18,19,20,21). The van der Waals surface area contributed by atoms with Crippen molar-refractivity contribution in [1.29, 1.82) is 0 Å². The summed E-state index contributed by atoms with van der Waals surface area (Å²) in [5.41, 5.74) is 8.37. The van der Waals surface area contributed by atoms with Gasteiger partial charge in [0, 0.05) is 11.5 Å². The molecule has 1 heterocycles. The summed E-state index contributed by atoms with van der Waals surface area (Å²) in [6, 6.07) is 0. The maximum Gasteiger partial charge on any atom is 0.227 e. The molecule has 0 saturated carbocycles. The molecule has 7 nitrogen and oxygen atoms in total. The van der Waals surface area contributed by atoms with E-state index in [0.717, 1.165) is 13.0 Å². The van der Waals surface area contributed by atoms with E-state index in [-0.39, 0.29) is 11.2 Å². The van der Waals surface area contributed by atoms with E-state index >= 15 is 0 Å². The molecule has 0 saturated heterocycles. The number of nitrogens with zero attached hydrogens (tertiary/aromatic N) is 6. The van der Waals surface area contributed by atoms with Crippen molar-refractivity contribution in [3.8, 4) is 0 Å². The van der Waals surface area contributed by atoms with E-state index in [4.69, 9.17) is 17.1 Å². The summed E-state index contributed by atoms with van der Waals surface area (Å²) in [6.07, 6.45) is 13.0. The molecule has 0 aliphatic carbocycles. The van der Waals surface area contributed by atoms with Gasteiger partial charge < -0.3 is 5.32 Å². The monoisotopic (exact) mass is 339 g/mol. The molecule has 0 aliphatic heterocycles. The summed E-state index contributed by atoms with van der Waals surface area (Å²) < 4.78 is 0. The van der Waals surface area contributed by atoms with E-state index < -0.39 is 0 Å². The lowest BCUT2D eigenvalue weighted by atomic mass is 10.1. The first-order valence-electron chi connectivity index (χ1n) is 8.46. The molecule has 8 heteroatoms. The fraction of sp³-hybridized carbons (Fsp3) is 0.800. The highest BCUT2D eigenvalue weighted by Crippen LogP contribution is 2.13. The van der Waals surface area contributed by atoms with Gasteiger partial charge in [-0.05, 0) is 28.7 Å². The fourth-order valence-electron chi connectivity index (χ4n) is 2.32. The minimum Gasteiger partial charge on any atom is -0.354 e. The van der Waals surface area contributed by atoms with Gasteiger partial charge in [-0.2, -0.15) is 15.0 Å². The Morgan fingerprint density at radius 3 is 2.17 bits per heavy atom. The lowest BCUT2D eigenvalue weighted by Gasteiger charge is -2.05. The first kappa shape index (κ1) is 19.5. The van der Waals surface area contributed by atoms with Crippen LogP contribution in [0.1, 0.15) is 71.1 Å². The molecule has 0 fully saturated rings. The molecule has 1 aromatic rings. The van der Waals surface area contributed by atoms with Crippen LogP contribution >= 0.6 is 11.6 Å². The van der Waals surface area contributed by atoms with Gasteiger partial charge in [-0.1, -0.05) is 64.7 Å². The van der Waals surface area contributed by atoms with E-state index in [1.54, 1.807) is 0 Å². The van der Waals surface area contributed by atoms with Gasteiger partial charge in [-0.15, -0.1) is 0 Å². The van der Waals surface area contributed by atoms with Crippen molar-refractivity contribution in [2.75, 3.05) is 11.9 Å². The Balaban J connectivity index is 2.06. The van der Waals surface area contributed by atoms with Crippen molar-refractivity contribution < 1.29 is 0 Å². The maximum atomic E-state index is 8.37. The number of nitrogens with one attached hydrogen (secondary N) is 1. The van der Waals surface area contributed by atoms with Crippen molar-refractivity contribution >= 4 is 23.5 Å². The third-order valence-corrected chi connectivity index (χ3v) is 3.71. The highest BCUT2D eigenvalue weighted by atomic mass is 35.5. The molecular formula is C15H26ClN7. The zero-order valence-electron chi connectivity index (χ0n) is 13.8. The van der Waals surface area contributed by atoms with E-state index in [2.05, 4.69) is 37.2 Å². The summed E-state index contributed by atoms with van der Waals surface area (Å²) >= 11 is 5.74. The van der Waals surface area contributed by atoms with Gasteiger partial charge in [0.2, 0.25) is 17.2 Å². The van der Waals surface area contributed by atoms with Crippen LogP contribution in [0.5, 0.6) is 0 Å². The van der Waals surface area contributed by atoms with E-state index in [9.17, 15) is 0 Å². The van der Waals surface area contributed by atoms with Gasteiger partial charge in [0.25, 0.3) is 0 Å². The van der Waals surface area contributed by atoms with Crippen molar-refractivity contribution in [2.24, 2.45) is 5.11 Å². The summed E-state index contributed by atoms with van der Waals surface area (Å²) in [7, 11) is 0. The first-order chi connectivity index (χ1) is 11.3. The van der Waals surface area contributed by atoms with Gasteiger partial charge in [0.15, 0.2) is 0 Å². The highest BCUT2D eigenvalue weighted by molar-refractivity contribution is 6.28. The molecule has 0 spiro atoms. The van der Waals surface area contributed by atoms with Gasteiger partial charge in [0.05, 0.1) is 0 Å². The molecule has 0 bridgehead atoms. The van der Waals surface area contributed by atoms with Crippen LogP contribution in [0.3, 0.4) is 0 Å². The maximum absolute atomic E-state index is 8.37. The van der Waals surface area contributed by atoms with Crippen LogP contribution in [-0.4, -0.2) is 21.5 Å².